The molecule has 89 valence electrons. The normalized spacial score (nSPS) is 11.6. The van der Waals surface area contributed by atoms with E-state index in [4.69, 9.17) is 10.2 Å². The van der Waals surface area contributed by atoms with E-state index in [1.165, 1.54) is 10.8 Å². The molecule has 0 spiro atoms. The largest absolute Gasteiger partial charge is 0.454 e. The lowest BCUT2D eigenvalue weighted by molar-refractivity contribution is 0.670. The van der Waals surface area contributed by atoms with Gasteiger partial charge in [0.15, 0.2) is 5.58 Å². The Bertz CT molecular complexity index is 940. The van der Waals surface area contributed by atoms with Crippen LogP contribution < -0.4 is 10.9 Å². The molecule has 2 nitrogen and oxygen atoms in total. The van der Waals surface area contributed by atoms with Crippen LogP contribution in [0.1, 0.15) is 0 Å². The van der Waals surface area contributed by atoms with Crippen LogP contribution in [0.2, 0.25) is 0 Å². The summed E-state index contributed by atoms with van der Waals surface area (Å²) in [6.07, 6.45) is 0. The number of fused-ring (bicyclic) bond motifs is 5. The van der Waals surface area contributed by atoms with Crippen LogP contribution in [0.25, 0.3) is 32.7 Å². The third-order valence-corrected chi connectivity index (χ3v) is 3.95. The molecular weight excluding hydrogens is 250 g/mol. The van der Waals surface area contributed by atoms with Crippen molar-refractivity contribution in [2.24, 2.45) is 0 Å². The molecule has 0 aliphatic rings. The summed E-state index contributed by atoms with van der Waals surface area (Å²) in [7, 11) is 3.69. The van der Waals surface area contributed by atoms with Gasteiger partial charge < -0.3 is 10.2 Å². The van der Waals surface area contributed by atoms with Gasteiger partial charge in [-0.2, -0.15) is 0 Å². The molecule has 1 heterocycles. The van der Waals surface area contributed by atoms with Gasteiger partial charge in [-0.25, -0.2) is 0 Å². The fraction of sp³-hybridized carbons (Fsp3) is 0. The Labute approximate surface area is 113 Å². The predicted octanol–water partition coefficient (Wildman–Crippen LogP) is 3.12. The van der Waals surface area contributed by atoms with Crippen molar-refractivity contribution in [3.8, 4) is 0 Å². The Hall–Kier alpha value is -2.26. The molecule has 4 rings (SSSR count). The highest BCUT2D eigenvalue weighted by atomic mass is 28.1. The van der Waals surface area contributed by atoms with Gasteiger partial charge in [0, 0.05) is 10.8 Å². The van der Waals surface area contributed by atoms with Gasteiger partial charge in [0.1, 0.15) is 5.58 Å². The molecule has 0 aliphatic heterocycles. The van der Waals surface area contributed by atoms with Gasteiger partial charge in [-0.05, 0) is 22.9 Å². The van der Waals surface area contributed by atoms with Crippen molar-refractivity contribution in [3.63, 3.8) is 0 Å². The molecule has 0 bridgehead atoms. The average Bonchev–Trinajstić information content (AvgIpc) is 2.79. The summed E-state index contributed by atoms with van der Waals surface area (Å²) in [5, 5.41) is 5.59. The first kappa shape index (κ1) is 10.6. The maximum atomic E-state index is 6.00. The number of furan rings is 1. The molecule has 0 saturated heterocycles. The van der Waals surface area contributed by atoms with Crippen molar-refractivity contribution in [3.05, 3.63) is 48.5 Å². The lowest BCUT2D eigenvalue weighted by Gasteiger charge is -2.03. The van der Waals surface area contributed by atoms with E-state index in [1.807, 2.05) is 30.3 Å². The first-order chi connectivity index (χ1) is 9.25. The summed E-state index contributed by atoms with van der Waals surface area (Å²) in [6.45, 7) is 0. The van der Waals surface area contributed by atoms with Crippen LogP contribution in [0.15, 0.2) is 52.9 Å². The molecule has 19 heavy (non-hydrogen) atoms. The van der Waals surface area contributed by atoms with Gasteiger partial charge in [0.25, 0.3) is 0 Å². The smallest absolute Gasteiger partial charge is 0.158 e. The predicted molar refractivity (Wildman–Crippen MR) is 81.0 cm³/mol. The Kier molecular flexibility index (Phi) is 2.03. The molecule has 0 unspecified atom stereocenters. The van der Waals surface area contributed by atoms with Crippen molar-refractivity contribution in [2.75, 3.05) is 5.73 Å². The monoisotopic (exact) mass is 260 g/mol. The van der Waals surface area contributed by atoms with Crippen LogP contribution in [-0.2, 0) is 0 Å². The second-order valence-electron chi connectivity index (χ2n) is 4.67. The van der Waals surface area contributed by atoms with E-state index in [2.05, 4.69) is 28.4 Å². The van der Waals surface area contributed by atoms with Crippen LogP contribution in [-0.4, -0.2) is 10.2 Å². The highest BCUT2D eigenvalue weighted by Crippen LogP contribution is 2.35. The summed E-state index contributed by atoms with van der Waals surface area (Å²) in [5.41, 5.74) is 8.30. The molecule has 0 aliphatic carbocycles. The number of nitrogen functional groups attached to an aromatic ring is 1. The number of anilines is 1. The number of hydrogen-bond acceptors (Lipinski definition) is 2. The van der Waals surface area contributed by atoms with Gasteiger partial charge in [-0.3, -0.25) is 0 Å². The minimum atomic E-state index is 0.674. The minimum Gasteiger partial charge on any atom is -0.454 e. The van der Waals surface area contributed by atoms with Crippen LogP contribution in [0.3, 0.4) is 0 Å². The summed E-state index contributed by atoms with van der Waals surface area (Å²) >= 11 is 0. The number of nitrogens with two attached hydrogens (primary N) is 1. The average molecular weight is 260 g/mol. The molecule has 0 saturated carbocycles. The summed E-state index contributed by atoms with van der Waals surface area (Å²) < 4.78 is 5.90. The van der Waals surface area contributed by atoms with E-state index in [-0.39, 0.29) is 0 Å². The maximum Gasteiger partial charge on any atom is 0.158 e. The number of para-hydroxylation sites is 1. The van der Waals surface area contributed by atoms with Crippen LogP contribution in [0.4, 0.5) is 5.69 Å². The molecule has 0 amide bonds. The van der Waals surface area contributed by atoms with Gasteiger partial charge in [-0.15, -0.1) is 0 Å². The molecule has 3 aromatic carbocycles. The first-order valence-corrected chi connectivity index (χ1v) is 6.60. The van der Waals surface area contributed by atoms with Crippen molar-refractivity contribution >= 4 is 53.8 Å². The number of rotatable bonds is 0. The maximum absolute atomic E-state index is 6.00. The number of hydrogen-bond donors (Lipinski definition) is 1. The quantitative estimate of drug-likeness (QED) is 0.390. The second-order valence-corrected chi connectivity index (χ2v) is 5.21. The molecule has 3 heteroatoms. The van der Waals surface area contributed by atoms with Gasteiger partial charge >= 0.3 is 0 Å². The molecule has 0 atom stereocenters. The zero-order valence-corrected chi connectivity index (χ0v) is 11.1. The topological polar surface area (TPSA) is 39.2 Å². The highest BCUT2D eigenvalue weighted by Gasteiger charge is 2.12. The van der Waals surface area contributed by atoms with E-state index >= 15 is 0 Å². The SMILES string of the molecule is Nc1cccc2c1oc1ccc3cccc([Si])c3c12. The van der Waals surface area contributed by atoms with Crippen molar-refractivity contribution < 1.29 is 4.42 Å². The molecule has 3 radical (unpaired) electrons. The standard InChI is InChI=1S/C16H10NOSi/c17-11-5-2-4-10-15-12(18-16(10)11)8-7-9-3-1-6-13(19)14(9)15/h1-8H,17H2. The molecule has 2 N–H and O–H groups in total. The van der Waals surface area contributed by atoms with E-state index in [1.54, 1.807) is 0 Å². The fourth-order valence-electron chi connectivity index (χ4n) is 2.69. The van der Waals surface area contributed by atoms with Crippen LogP contribution in [0.5, 0.6) is 0 Å². The Morgan fingerprint density at radius 3 is 2.63 bits per heavy atom. The van der Waals surface area contributed by atoms with Crippen molar-refractivity contribution in [1.29, 1.82) is 0 Å². The van der Waals surface area contributed by atoms with E-state index < -0.39 is 0 Å². The van der Waals surface area contributed by atoms with E-state index in [9.17, 15) is 0 Å². The Morgan fingerprint density at radius 1 is 0.895 bits per heavy atom. The Balaban J connectivity index is 2.39. The van der Waals surface area contributed by atoms with Crippen molar-refractivity contribution in [1.82, 2.24) is 0 Å². The van der Waals surface area contributed by atoms with Gasteiger partial charge in [0.2, 0.25) is 0 Å². The summed E-state index contributed by atoms with van der Waals surface area (Å²) in [4.78, 5) is 0. The van der Waals surface area contributed by atoms with Crippen molar-refractivity contribution in [2.45, 2.75) is 0 Å². The molecule has 0 fully saturated rings. The van der Waals surface area contributed by atoms with Gasteiger partial charge in [-0.1, -0.05) is 41.6 Å². The molecule has 4 aromatic rings. The zero-order chi connectivity index (χ0) is 13.0. The number of benzene rings is 3. The lowest BCUT2D eigenvalue weighted by Crippen LogP contribution is -2.02. The lowest BCUT2D eigenvalue weighted by atomic mass is 10.0. The molecule has 1 aromatic heterocycles. The third kappa shape index (κ3) is 1.36. The fourth-order valence-corrected chi connectivity index (χ4v) is 3.05. The van der Waals surface area contributed by atoms with Gasteiger partial charge in [0.05, 0.1) is 15.9 Å². The molecular formula is C16H10NOSi. The summed E-state index contributed by atoms with van der Waals surface area (Å²) in [6, 6.07) is 16.1. The van der Waals surface area contributed by atoms with E-state index in [0.717, 1.165) is 27.1 Å². The minimum absolute atomic E-state index is 0.674. The van der Waals surface area contributed by atoms with E-state index in [0.29, 0.717) is 5.69 Å². The third-order valence-electron chi connectivity index (χ3n) is 3.53. The summed E-state index contributed by atoms with van der Waals surface area (Å²) in [5.74, 6) is 0. The first-order valence-electron chi connectivity index (χ1n) is 6.10. The van der Waals surface area contributed by atoms with Crippen LogP contribution >= 0.6 is 0 Å². The second kappa shape index (κ2) is 3.62. The Morgan fingerprint density at radius 2 is 1.74 bits per heavy atom. The highest BCUT2D eigenvalue weighted by molar-refractivity contribution is 6.42. The van der Waals surface area contributed by atoms with Crippen LogP contribution in [0, 0.1) is 0 Å². The zero-order valence-electron chi connectivity index (χ0n) is 10.1.